The van der Waals surface area contributed by atoms with Crippen LogP contribution in [0.25, 0.3) is 0 Å². The topological polar surface area (TPSA) is 69.6 Å². The normalized spacial score (nSPS) is 24.0. The molecule has 0 aromatic carbocycles. The van der Waals surface area contributed by atoms with Gasteiger partial charge in [0.05, 0.1) is 17.8 Å². The zero-order valence-electron chi connectivity index (χ0n) is 19.9. The van der Waals surface area contributed by atoms with Crippen molar-refractivity contribution in [2.45, 2.75) is 92.9 Å². The van der Waals surface area contributed by atoms with E-state index in [0.717, 1.165) is 37.3 Å². The smallest absolute Gasteiger partial charge is 0.304 e. The van der Waals surface area contributed by atoms with Crippen molar-refractivity contribution in [2.75, 3.05) is 13.1 Å². The number of hydrogen-bond donors (Lipinski definition) is 2. The van der Waals surface area contributed by atoms with Crippen LogP contribution in [0.2, 0.25) is 0 Å². The van der Waals surface area contributed by atoms with Gasteiger partial charge in [0.1, 0.15) is 0 Å². The number of aliphatic carboxylic acids is 1. The molecule has 0 fully saturated rings. The molecule has 1 aliphatic carbocycles. The third-order valence-corrected chi connectivity index (χ3v) is 6.76. The summed E-state index contributed by atoms with van der Waals surface area (Å²) in [5.41, 5.74) is 2.26. The van der Waals surface area contributed by atoms with Gasteiger partial charge in [0.2, 0.25) is 5.91 Å². The lowest BCUT2D eigenvalue weighted by atomic mass is 9.68. The van der Waals surface area contributed by atoms with Gasteiger partial charge in [0, 0.05) is 23.9 Å². The second-order valence-corrected chi connectivity index (χ2v) is 10.4. The standard InChI is InChI=1S/C25H42N2O3/c1-7-8-9-10-11-12-14-27-15-13-19-18(2)25(6,17-21(28)29)16-20(22(19)27)26-23(30)24(3,4)5/h16,18H,7-15,17H2,1-6H3,(H,26,30)(H,28,29). The van der Waals surface area contributed by atoms with Crippen molar-refractivity contribution in [3.05, 3.63) is 23.0 Å². The second-order valence-electron chi connectivity index (χ2n) is 10.4. The zero-order chi connectivity index (χ0) is 22.5. The number of nitrogens with one attached hydrogen (secondary N) is 1. The largest absolute Gasteiger partial charge is 0.481 e. The highest BCUT2D eigenvalue weighted by Gasteiger charge is 2.43. The first-order valence-electron chi connectivity index (χ1n) is 11.7. The number of allylic oxidation sites excluding steroid dienone is 1. The van der Waals surface area contributed by atoms with Crippen LogP contribution in [0, 0.1) is 16.7 Å². The van der Waals surface area contributed by atoms with Gasteiger partial charge in [-0.15, -0.1) is 0 Å². The molecule has 2 unspecified atom stereocenters. The Kier molecular flexibility index (Phi) is 8.18. The highest BCUT2D eigenvalue weighted by Crippen LogP contribution is 2.48. The van der Waals surface area contributed by atoms with Crippen LogP contribution in [0.1, 0.15) is 92.9 Å². The SMILES string of the molecule is CCCCCCCCN1CCC2=C1C(NC(=O)C(C)(C)C)=CC(C)(CC(=O)O)C2C. The molecular weight excluding hydrogens is 376 g/mol. The van der Waals surface area contributed by atoms with Crippen molar-refractivity contribution < 1.29 is 14.7 Å². The summed E-state index contributed by atoms with van der Waals surface area (Å²) in [5, 5.41) is 12.7. The highest BCUT2D eigenvalue weighted by molar-refractivity contribution is 5.84. The molecule has 2 N–H and O–H groups in total. The number of unbranched alkanes of at least 4 members (excludes halogenated alkanes) is 5. The highest BCUT2D eigenvalue weighted by atomic mass is 16.4. The van der Waals surface area contributed by atoms with Gasteiger partial charge < -0.3 is 15.3 Å². The molecule has 2 aliphatic rings. The molecule has 5 heteroatoms. The van der Waals surface area contributed by atoms with Gasteiger partial charge in [0.15, 0.2) is 0 Å². The number of amides is 1. The summed E-state index contributed by atoms with van der Waals surface area (Å²) in [6, 6.07) is 0. The molecule has 0 aromatic heterocycles. The first kappa shape index (κ1) is 24.5. The van der Waals surface area contributed by atoms with E-state index in [1.165, 1.54) is 37.7 Å². The minimum atomic E-state index is -0.798. The van der Waals surface area contributed by atoms with Crippen molar-refractivity contribution in [1.82, 2.24) is 10.2 Å². The lowest BCUT2D eigenvalue weighted by molar-refractivity contribution is -0.139. The van der Waals surface area contributed by atoms with Crippen LogP contribution in [0.15, 0.2) is 23.0 Å². The van der Waals surface area contributed by atoms with Gasteiger partial charge in [-0.25, -0.2) is 0 Å². The Labute approximate surface area is 183 Å². The lowest BCUT2D eigenvalue weighted by Crippen LogP contribution is -2.41. The van der Waals surface area contributed by atoms with Crippen molar-refractivity contribution in [3.8, 4) is 0 Å². The predicted octanol–water partition coefficient (Wildman–Crippen LogP) is 5.48. The molecule has 1 heterocycles. The first-order valence-corrected chi connectivity index (χ1v) is 11.7. The summed E-state index contributed by atoms with van der Waals surface area (Å²) in [6.07, 6.45) is 10.6. The van der Waals surface area contributed by atoms with Gasteiger partial charge >= 0.3 is 5.97 Å². The average molecular weight is 419 g/mol. The molecule has 2 atom stereocenters. The third kappa shape index (κ3) is 5.89. The van der Waals surface area contributed by atoms with Crippen LogP contribution < -0.4 is 5.32 Å². The van der Waals surface area contributed by atoms with Gasteiger partial charge in [-0.05, 0) is 24.3 Å². The molecule has 0 aromatic rings. The summed E-state index contributed by atoms with van der Waals surface area (Å²) < 4.78 is 0. The zero-order valence-corrected chi connectivity index (χ0v) is 19.9. The molecule has 0 bridgehead atoms. The van der Waals surface area contributed by atoms with E-state index in [4.69, 9.17) is 0 Å². The lowest BCUT2D eigenvalue weighted by Gasteiger charge is -2.39. The number of nitrogens with zero attached hydrogens (tertiary/aromatic N) is 1. The first-order chi connectivity index (χ1) is 14.0. The van der Waals surface area contributed by atoms with Crippen LogP contribution in [-0.2, 0) is 9.59 Å². The number of carbonyl (C=O) groups excluding carboxylic acids is 1. The van der Waals surface area contributed by atoms with Gasteiger partial charge in [-0.1, -0.05) is 79.7 Å². The van der Waals surface area contributed by atoms with E-state index >= 15 is 0 Å². The number of rotatable bonds is 10. The molecule has 0 spiro atoms. The fraction of sp³-hybridized carbons (Fsp3) is 0.760. The van der Waals surface area contributed by atoms with Gasteiger partial charge in [-0.2, -0.15) is 0 Å². The molecular formula is C25H42N2O3. The van der Waals surface area contributed by atoms with E-state index in [1.807, 2.05) is 33.8 Å². The maximum absolute atomic E-state index is 12.8. The summed E-state index contributed by atoms with van der Waals surface area (Å²) >= 11 is 0. The summed E-state index contributed by atoms with van der Waals surface area (Å²) in [6.45, 7) is 14.1. The molecule has 30 heavy (non-hydrogen) atoms. The summed E-state index contributed by atoms with van der Waals surface area (Å²) in [5.74, 6) is -0.680. The van der Waals surface area contributed by atoms with Crippen molar-refractivity contribution in [2.24, 2.45) is 16.7 Å². The quantitative estimate of drug-likeness (QED) is 0.461. The van der Waals surface area contributed by atoms with Crippen molar-refractivity contribution >= 4 is 11.9 Å². The van der Waals surface area contributed by atoms with E-state index in [2.05, 4.69) is 24.1 Å². The Morgan fingerprint density at radius 2 is 1.83 bits per heavy atom. The maximum Gasteiger partial charge on any atom is 0.304 e. The Morgan fingerprint density at radius 1 is 1.20 bits per heavy atom. The minimum Gasteiger partial charge on any atom is -0.481 e. The summed E-state index contributed by atoms with van der Waals surface area (Å²) in [7, 11) is 0. The monoisotopic (exact) mass is 418 g/mol. The van der Waals surface area contributed by atoms with Crippen LogP contribution in [0.5, 0.6) is 0 Å². The predicted molar refractivity (Wildman–Crippen MR) is 122 cm³/mol. The average Bonchev–Trinajstić information content (AvgIpc) is 3.05. The number of carboxylic acids is 1. The Morgan fingerprint density at radius 3 is 2.43 bits per heavy atom. The third-order valence-electron chi connectivity index (χ3n) is 6.76. The van der Waals surface area contributed by atoms with Crippen LogP contribution in [-0.4, -0.2) is 35.0 Å². The molecule has 0 radical (unpaired) electrons. The number of carbonyl (C=O) groups is 2. The Bertz CT molecular complexity index is 702. The summed E-state index contributed by atoms with van der Waals surface area (Å²) in [4.78, 5) is 26.8. The molecule has 170 valence electrons. The molecule has 5 nitrogen and oxygen atoms in total. The Balaban J connectivity index is 2.22. The number of hydrogen-bond acceptors (Lipinski definition) is 3. The molecule has 2 rings (SSSR count). The Hall–Kier alpha value is -1.78. The van der Waals surface area contributed by atoms with Crippen molar-refractivity contribution in [1.29, 1.82) is 0 Å². The van der Waals surface area contributed by atoms with Crippen molar-refractivity contribution in [3.63, 3.8) is 0 Å². The molecule has 0 saturated heterocycles. The number of carboxylic acid groups (broad SMARTS) is 1. The van der Waals surface area contributed by atoms with E-state index in [1.54, 1.807) is 0 Å². The van der Waals surface area contributed by atoms with Crippen LogP contribution in [0.4, 0.5) is 0 Å². The minimum absolute atomic E-state index is 0.0285. The van der Waals surface area contributed by atoms with E-state index in [9.17, 15) is 14.7 Å². The van der Waals surface area contributed by atoms with E-state index in [-0.39, 0.29) is 18.2 Å². The van der Waals surface area contributed by atoms with Gasteiger partial charge in [0.25, 0.3) is 0 Å². The van der Waals surface area contributed by atoms with Crippen LogP contribution in [0.3, 0.4) is 0 Å². The fourth-order valence-electron chi connectivity index (χ4n) is 4.62. The van der Waals surface area contributed by atoms with Gasteiger partial charge in [-0.3, -0.25) is 9.59 Å². The second kappa shape index (κ2) is 10.0. The van der Waals surface area contributed by atoms with E-state index in [0.29, 0.717) is 0 Å². The van der Waals surface area contributed by atoms with E-state index < -0.39 is 16.8 Å². The molecule has 1 aliphatic heterocycles. The molecule has 0 saturated carbocycles. The maximum atomic E-state index is 12.8. The molecule has 1 amide bonds. The van der Waals surface area contributed by atoms with Crippen LogP contribution >= 0.6 is 0 Å². The fourth-order valence-corrected chi connectivity index (χ4v) is 4.62.